The van der Waals surface area contributed by atoms with E-state index in [1.54, 1.807) is 6.33 Å². The molecule has 1 aromatic heterocycles. The third-order valence-corrected chi connectivity index (χ3v) is 7.88. The molecular weight excluding hydrogens is 471 g/mol. The molecule has 3 aromatic rings. The van der Waals surface area contributed by atoms with E-state index >= 15 is 0 Å². The summed E-state index contributed by atoms with van der Waals surface area (Å²) >= 11 is 12.5. The zero-order valence-corrected chi connectivity index (χ0v) is 20.7. The monoisotopic (exact) mass is 498 g/mol. The summed E-state index contributed by atoms with van der Waals surface area (Å²) in [6.07, 6.45) is 5.69. The van der Waals surface area contributed by atoms with Crippen molar-refractivity contribution in [1.82, 2.24) is 14.9 Å². The van der Waals surface area contributed by atoms with Gasteiger partial charge in [-0.1, -0.05) is 41.4 Å². The van der Waals surface area contributed by atoms with Crippen LogP contribution in [0.15, 0.2) is 42.7 Å². The molecule has 0 spiro atoms. The van der Waals surface area contributed by atoms with Gasteiger partial charge in [-0.15, -0.1) is 0 Å². The van der Waals surface area contributed by atoms with Crippen LogP contribution in [0.5, 0.6) is 0 Å². The SMILES string of the molecule is COC(=O)[C@@H]1CCCN(C2CCN(c3ncnc4cccc(-c5ccc(Cl)c(Cl)c5)c34)CC2)C1. The van der Waals surface area contributed by atoms with E-state index in [1.165, 1.54) is 7.11 Å². The molecule has 0 aliphatic carbocycles. The van der Waals surface area contributed by atoms with Crippen molar-refractivity contribution in [3.05, 3.63) is 52.8 Å². The minimum absolute atomic E-state index is 0.00338. The highest BCUT2D eigenvalue weighted by Crippen LogP contribution is 2.37. The molecule has 178 valence electrons. The fraction of sp³-hybridized carbons (Fsp3) is 0.423. The normalized spacial score (nSPS) is 20.0. The van der Waals surface area contributed by atoms with E-state index in [4.69, 9.17) is 32.9 Å². The van der Waals surface area contributed by atoms with Crippen LogP contribution in [0.1, 0.15) is 25.7 Å². The van der Waals surface area contributed by atoms with Crippen molar-refractivity contribution in [2.45, 2.75) is 31.7 Å². The van der Waals surface area contributed by atoms with E-state index in [0.717, 1.165) is 79.7 Å². The van der Waals surface area contributed by atoms with Crippen LogP contribution in [0.4, 0.5) is 5.82 Å². The summed E-state index contributed by atoms with van der Waals surface area (Å²) in [4.78, 5) is 26.2. The van der Waals surface area contributed by atoms with Gasteiger partial charge in [-0.25, -0.2) is 9.97 Å². The van der Waals surface area contributed by atoms with Crippen LogP contribution >= 0.6 is 23.2 Å². The third kappa shape index (κ3) is 4.59. The predicted molar refractivity (Wildman–Crippen MR) is 137 cm³/mol. The average Bonchev–Trinajstić information content (AvgIpc) is 2.89. The van der Waals surface area contributed by atoms with Crippen LogP contribution in [0.3, 0.4) is 0 Å². The van der Waals surface area contributed by atoms with Crippen molar-refractivity contribution in [1.29, 1.82) is 0 Å². The number of methoxy groups -OCH3 is 1. The van der Waals surface area contributed by atoms with Gasteiger partial charge in [0, 0.05) is 25.7 Å². The number of rotatable bonds is 4. The smallest absolute Gasteiger partial charge is 0.309 e. The highest BCUT2D eigenvalue weighted by atomic mass is 35.5. The van der Waals surface area contributed by atoms with Crippen LogP contribution in [0, 0.1) is 5.92 Å². The number of carbonyl (C=O) groups is 1. The summed E-state index contributed by atoms with van der Waals surface area (Å²) in [5.41, 5.74) is 2.95. The van der Waals surface area contributed by atoms with E-state index in [-0.39, 0.29) is 11.9 Å². The molecule has 0 amide bonds. The summed E-state index contributed by atoms with van der Waals surface area (Å²) in [5, 5.41) is 2.10. The lowest BCUT2D eigenvalue weighted by Gasteiger charge is -2.42. The van der Waals surface area contributed by atoms with Crippen molar-refractivity contribution in [2.75, 3.05) is 38.2 Å². The Morgan fingerprint density at radius 2 is 1.85 bits per heavy atom. The van der Waals surface area contributed by atoms with Gasteiger partial charge in [-0.3, -0.25) is 9.69 Å². The Hall–Kier alpha value is -2.41. The van der Waals surface area contributed by atoms with Gasteiger partial charge in [0.1, 0.15) is 12.1 Å². The van der Waals surface area contributed by atoms with Gasteiger partial charge in [-0.05, 0) is 61.6 Å². The first-order valence-electron chi connectivity index (χ1n) is 11.8. The molecule has 3 heterocycles. The number of benzene rings is 2. The number of hydrogen-bond donors (Lipinski definition) is 0. The molecule has 0 radical (unpaired) electrons. The molecule has 0 N–H and O–H groups in total. The molecule has 2 aliphatic rings. The standard InChI is InChI=1S/C26H28Cl2N4O2/c1-34-26(33)18-4-3-11-32(15-18)19-9-12-31(13-10-19)25-24-20(5-2-6-23(24)29-16-30-25)17-7-8-21(27)22(28)14-17/h2,5-8,14,16,18-19H,3-4,9-13,15H2,1H3/t18-/m1/s1. The van der Waals surface area contributed by atoms with Crippen LogP contribution in [0.25, 0.3) is 22.0 Å². The fourth-order valence-electron chi connectivity index (χ4n) is 5.38. The number of anilines is 1. The van der Waals surface area contributed by atoms with Crippen molar-refractivity contribution in [3.63, 3.8) is 0 Å². The molecule has 1 atom stereocenters. The second kappa shape index (κ2) is 10.1. The lowest BCUT2D eigenvalue weighted by atomic mass is 9.93. The molecular formula is C26H28Cl2N4O2. The summed E-state index contributed by atoms with van der Waals surface area (Å²) in [5.74, 6) is 0.872. The maximum absolute atomic E-state index is 12.1. The zero-order valence-electron chi connectivity index (χ0n) is 19.2. The maximum atomic E-state index is 12.1. The lowest BCUT2D eigenvalue weighted by molar-refractivity contribution is -0.147. The molecule has 5 rings (SSSR count). The minimum Gasteiger partial charge on any atom is -0.469 e. The van der Waals surface area contributed by atoms with Crippen LogP contribution in [0.2, 0.25) is 10.0 Å². The van der Waals surface area contributed by atoms with Gasteiger partial charge in [0.05, 0.1) is 34.0 Å². The molecule has 0 saturated carbocycles. The van der Waals surface area contributed by atoms with Crippen LogP contribution in [-0.2, 0) is 9.53 Å². The van der Waals surface area contributed by atoms with E-state index in [2.05, 4.69) is 20.9 Å². The van der Waals surface area contributed by atoms with Gasteiger partial charge >= 0.3 is 5.97 Å². The summed E-state index contributed by atoms with van der Waals surface area (Å²) in [7, 11) is 1.48. The molecule has 2 fully saturated rings. The number of esters is 1. The Morgan fingerprint density at radius 3 is 2.62 bits per heavy atom. The molecule has 2 aliphatic heterocycles. The summed E-state index contributed by atoms with van der Waals surface area (Å²) in [6, 6.07) is 12.3. The molecule has 0 bridgehead atoms. The molecule has 34 heavy (non-hydrogen) atoms. The van der Waals surface area contributed by atoms with Gasteiger partial charge < -0.3 is 9.64 Å². The zero-order chi connectivity index (χ0) is 23.7. The van der Waals surface area contributed by atoms with Crippen LogP contribution in [-0.4, -0.2) is 60.2 Å². The summed E-state index contributed by atoms with van der Waals surface area (Å²) in [6.45, 7) is 3.67. The number of nitrogens with zero attached hydrogens (tertiary/aromatic N) is 4. The number of fused-ring (bicyclic) bond motifs is 1. The van der Waals surface area contributed by atoms with Gasteiger partial charge in [0.2, 0.25) is 0 Å². The molecule has 2 saturated heterocycles. The number of likely N-dealkylation sites (tertiary alicyclic amines) is 1. The molecule has 0 unspecified atom stereocenters. The minimum atomic E-state index is -0.0792. The van der Waals surface area contributed by atoms with E-state index < -0.39 is 0 Å². The van der Waals surface area contributed by atoms with Gasteiger partial charge in [0.15, 0.2) is 0 Å². The van der Waals surface area contributed by atoms with Gasteiger partial charge in [-0.2, -0.15) is 0 Å². The largest absolute Gasteiger partial charge is 0.469 e. The Kier molecular flexibility index (Phi) is 6.91. The highest BCUT2D eigenvalue weighted by molar-refractivity contribution is 6.42. The van der Waals surface area contributed by atoms with Crippen molar-refractivity contribution in [2.24, 2.45) is 5.92 Å². The molecule has 8 heteroatoms. The first-order chi connectivity index (χ1) is 16.5. The number of piperidine rings is 2. The first kappa shape index (κ1) is 23.3. The fourth-order valence-corrected chi connectivity index (χ4v) is 5.68. The number of hydrogen-bond acceptors (Lipinski definition) is 6. The molecule has 6 nitrogen and oxygen atoms in total. The van der Waals surface area contributed by atoms with E-state index in [0.29, 0.717) is 16.1 Å². The second-order valence-electron chi connectivity index (χ2n) is 9.10. The maximum Gasteiger partial charge on any atom is 0.309 e. The quantitative estimate of drug-likeness (QED) is 0.445. The number of ether oxygens (including phenoxy) is 1. The first-order valence-corrected chi connectivity index (χ1v) is 12.6. The van der Waals surface area contributed by atoms with E-state index in [1.807, 2.05) is 30.3 Å². The van der Waals surface area contributed by atoms with Crippen molar-refractivity contribution in [3.8, 4) is 11.1 Å². The predicted octanol–water partition coefficient (Wildman–Crippen LogP) is 5.46. The summed E-state index contributed by atoms with van der Waals surface area (Å²) < 4.78 is 5.00. The third-order valence-electron chi connectivity index (χ3n) is 7.14. The highest BCUT2D eigenvalue weighted by Gasteiger charge is 2.32. The van der Waals surface area contributed by atoms with E-state index in [9.17, 15) is 4.79 Å². The number of halogens is 2. The Labute approximate surface area is 209 Å². The number of aromatic nitrogens is 2. The Bertz CT molecular complexity index is 1190. The second-order valence-corrected chi connectivity index (χ2v) is 9.92. The average molecular weight is 499 g/mol. The molecule has 2 aromatic carbocycles. The van der Waals surface area contributed by atoms with Crippen molar-refractivity contribution >= 4 is 45.9 Å². The Balaban J connectivity index is 1.38. The lowest BCUT2D eigenvalue weighted by Crippen LogP contribution is -2.49. The van der Waals surface area contributed by atoms with Gasteiger partial charge in [0.25, 0.3) is 0 Å². The number of carbonyl (C=O) groups excluding carboxylic acids is 1. The Morgan fingerprint density at radius 1 is 1.03 bits per heavy atom. The van der Waals surface area contributed by atoms with Crippen molar-refractivity contribution < 1.29 is 9.53 Å². The van der Waals surface area contributed by atoms with Crippen LogP contribution < -0.4 is 4.90 Å². The topological polar surface area (TPSA) is 58.6 Å².